The number of hydrogen-bond donors (Lipinski definition) is 3. The van der Waals surface area contributed by atoms with Gasteiger partial charge in [-0.2, -0.15) is 0 Å². The molecule has 0 heterocycles. The summed E-state index contributed by atoms with van der Waals surface area (Å²) in [6, 6.07) is 0. The molecule has 0 aliphatic rings. The molecule has 16 heteroatoms. The van der Waals surface area contributed by atoms with E-state index < -0.39 is 42.6 Å². The van der Waals surface area contributed by atoms with Crippen LogP contribution >= 0.6 is 0 Å². The monoisotopic (exact) mass is 369 g/mol. The summed E-state index contributed by atoms with van der Waals surface area (Å²) in [7, 11) is 0. The summed E-state index contributed by atoms with van der Waals surface area (Å²) in [6.07, 6.45) is 0. The van der Waals surface area contributed by atoms with Gasteiger partial charge in [-0.25, -0.2) is 0 Å². The van der Waals surface area contributed by atoms with Crippen molar-refractivity contribution in [3.63, 3.8) is 0 Å². The minimum absolute atomic E-state index is 0. The number of rotatable bonds is 2. The van der Waals surface area contributed by atoms with Gasteiger partial charge in [-0.15, -0.1) is 0 Å². The van der Waals surface area contributed by atoms with E-state index in [9.17, 15) is 23.5 Å². The van der Waals surface area contributed by atoms with Crippen molar-refractivity contribution < 1.29 is 80.4 Å². The molecule has 0 unspecified atom stereocenters. The Morgan fingerprint density at radius 1 is 0.812 bits per heavy atom. The van der Waals surface area contributed by atoms with Gasteiger partial charge in [0.15, 0.2) is 0 Å². The van der Waals surface area contributed by atoms with Crippen molar-refractivity contribution in [1.29, 1.82) is 0 Å². The summed E-state index contributed by atoms with van der Waals surface area (Å²) in [6.45, 7) is 0. The molecule has 0 amide bonds. The zero-order valence-corrected chi connectivity index (χ0v) is 12.3. The fourth-order valence-electron chi connectivity index (χ4n) is 0.102. The molecule has 0 radical (unpaired) electrons. The van der Waals surface area contributed by atoms with Crippen LogP contribution in [0.4, 0.5) is 0 Å². The van der Waals surface area contributed by atoms with Gasteiger partial charge in [-0.1, -0.05) is 0 Å². The van der Waals surface area contributed by atoms with E-state index in [1.807, 2.05) is 0 Å². The fraction of sp³-hybridized carbons (Fsp3) is 0. The number of hydrogen-bond acceptors (Lipinski definition) is 10. The summed E-state index contributed by atoms with van der Waals surface area (Å²) < 4.78 is 84.6. The molecule has 13 nitrogen and oxygen atoms in total. The topological polar surface area (TPSA) is 290 Å². The molecule has 0 rings (SSSR count). The van der Waals surface area contributed by atoms with Gasteiger partial charge in [-0.05, 0) is 0 Å². The zero-order chi connectivity index (χ0) is 11.3. The van der Waals surface area contributed by atoms with Crippen LogP contribution in [0.1, 0.15) is 0 Å². The van der Waals surface area contributed by atoms with E-state index in [0.29, 0.717) is 0 Å². The Balaban J connectivity index is -0.0000000511. The predicted molar refractivity (Wildman–Crippen MR) is 23.2 cm³/mol. The Kier molecular flexibility index (Phi) is 21.7. The molecule has 0 bridgehead atoms. The Morgan fingerprint density at radius 3 is 0.938 bits per heavy atom. The van der Waals surface area contributed by atoms with Crippen LogP contribution in [0.25, 0.3) is 0 Å². The molecule has 12 N–H and O–H groups in total. The first kappa shape index (κ1) is 29.8. The third kappa shape index (κ3) is 64.6. The second-order valence-electron chi connectivity index (χ2n) is 1.11. The molecule has 0 fully saturated rings. The second-order valence-corrected chi connectivity index (χ2v) is 5.45. The molecule has 0 aliphatic carbocycles. The second kappa shape index (κ2) is 11.6. The Labute approximate surface area is 98.7 Å². The van der Waals surface area contributed by atoms with Crippen LogP contribution in [0, 0.1) is 0 Å². The van der Waals surface area contributed by atoms with Crippen LogP contribution in [-0.2, 0) is 68.0 Å². The van der Waals surface area contributed by atoms with Crippen LogP contribution < -0.4 is 30.8 Å². The molecule has 0 atom stereocenters. The Bertz CT molecular complexity index is 363. The van der Waals surface area contributed by atoms with Crippen molar-refractivity contribution >= 4 is 0 Å². The molecule has 0 aromatic rings. The van der Waals surface area contributed by atoms with E-state index in [-0.39, 0.29) is 18.5 Å². The maximum absolute atomic E-state index is 9.38. The standard InChI is InChI=1S/2Cr.3H3N.10O.V/h;;3*1H3;;;;;;;;;;;/q;;;;;;;;;;;;3*-1;/p+3. The fourth-order valence-corrected chi connectivity index (χ4v) is 1.74. The van der Waals surface area contributed by atoms with Crippen molar-refractivity contribution in [1.82, 2.24) is 18.5 Å². The van der Waals surface area contributed by atoms with Crippen molar-refractivity contribution in [3.05, 3.63) is 0 Å². The van der Waals surface area contributed by atoms with Crippen molar-refractivity contribution in [3.8, 4) is 0 Å². The Morgan fingerprint density at radius 2 is 0.938 bits per heavy atom. The van der Waals surface area contributed by atoms with E-state index in [2.05, 4.69) is 2.84 Å². The normalized spacial score (nSPS) is 9.19. The van der Waals surface area contributed by atoms with E-state index in [1.165, 1.54) is 0 Å². The van der Waals surface area contributed by atoms with Gasteiger partial charge in [-0.3, -0.25) is 0 Å². The average molecular weight is 369 g/mol. The van der Waals surface area contributed by atoms with Crippen LogP contribution in [-0.4, -0.2) is 0 Å². The maximum atomic E-state index is 9.38. The molecule has 0 saturated carbocycles. The van der Waals surface area contributed by atoms with Gasteiger partial charge < -0.3 is 18.5 Å². The summed E-state index contributed by atoms with van der Waals surface area (Å²) >= 11 is -16.1. The molecule has 16 heavy (non-hydrogen) atoms. The van der Waals surface area contributed by atoms with Gasteiger partial charge in [0.1, 0.15) is 0 Å². The van der Waals surface area contributed by atoms with Gasteiger partial charge in [0.2, 0.25) is 0 Å². The van der Waals surface area contributed by atoms with Gasteiger partial charge in [0.25, 0.3) is 0 Å². The van der Waals surface area contributed by atoms with Crippen molar-refractivity contribution in [2.24, 2.45) is 0 Å². The average Bonchev–Trinajstić information content (AvgIpc) is 1.47. The molecular formula is H12Cr2N3O10V. The first-order chi connectivity index (χ1) is 5.44. The summed E-state index contributed by atoms with van der Waals surface area (Å²) in [5.74, 6) is 0. The molecule has 104 valence electrons. The molecular weight excluding hydrogens is 357 g/mol. The van der Waals surface area contributed by atoms with Gasteiger partial charge >= 0.3 is 80.4 Å². The van der Waals surface area contributed by atoms with E-state index in [4.69, 9.17) is 11.4 Å². The summed E-state index contributed by atoms with van der Waals surface area (Å²) in [4.78, 5) is 0. The van der Waals surface area contributed by atoms with E-state index >= 15 is 0 Å². The third-order valence-electron chi connectivity index (χ3n) is 0.167. The first-order valence-corrected chi connectivity index (χ1v) is 7.76. The third-order valence-corrected chi connectivity index (χ3v) is 2.83. The quantitative estimate of drug-likeness (QED) is 0.437. The molecule has 0 aromatic carbocycles. The van der Waals surface area contributed by atoms with Crippen LogP contribution in [0.5, 0.6) is 0 Å². The van der Waals surface area contributed by atoms with Crippen LogP contribution in [0.2, 0.25) is 0 Å². The molecule has 0 aliphatic heterocycles. The predicted octanol–water partition coefficient (Wildman–Crippen LogP) is -3.23. The number of quaternary nitrogens is 3. The zero-order valence-electron chi connectivity index (χ0n) is 8.35. The first-order valence-electron chi connectivity index (χ1n) is 1.88. The summed E-state index contributed by atoms with van der Waals surface area (Å²) in [5, 5.41) is 0. The summed E-state index contributed by atoms with van der Waals surface area (Å²) in [5.41, 5.74) is 0. The van der Waals surface area contributed by atoms with Crippen LogP contribution in [0.3, 0.4) is 0 Å². The Hall–Kier alpha value is 0.169. The van der Waals surface area contributed by atoms with Gasteiger partial charge in [0, 0.05) is 0 Å². The molecule has 0 saturated heterocycles. The molecule has 0 spiro atoms. The minimum atomic E-state index is -6.07. The van der Waals surface area contributed by atoms with E-state index in [1.54, 1.807) is 0 Å². The SMILES string of the molecule is [NH4+].[NH4+].[NH4+].[O]=[Cr](=[O])([O-])[O][Cr](=[O])(=[O])[O-].[O]=[V](=[O])[O-]. The van der Waals surface area contributed by atoms with E-state index in [0.717, 1.165) is 0 Å². The van der Waals surface area contributed by atoms with Crippen molar-refractivity contribution in [2.75, 3.05) is 0 Å². The van der Waals surface area contributed by atoms with Crippen LogP contribution in [0.15, 0.2) is 0 Å². The van der Waals surface area contributed by atoms with Crippen molar-refractivity contribution in [2.45, 2.75) is 0 Å². The van der Waals surface area contributed by atoms with Gasteiger partial charge in [0.05, 0.1) is 0 Å². The molecule has 0 aromatic heterocycles.